The number of primary amides is 1. The molecule has 0 bridgehead atoms. The normalized spacial score (nSPS) is 7.36. The van der Waals surface area contributed by atoms with Crippen molar-refractivity contribution < 1.29 is 9.90 Å². The Morgan fingerprint density at radius 2 is 1.64 bits per heavy atom. The molecule has 1 rings (SSSR count). The minimum absolute atomic E-state index is 0.250. The van der Waals surface area contributed by atoms with Crippen LogP contribution in [0.1, 0.15) is 26.3 Å². The Balaban J connectivity index is 0. The fraction of sp³-hybridized carbons (Fsp3) is 0.364. The molecule has 0 aliphatic rings. The number of phenolic OH excluding ortho intramolecular Hbond substituents is 1. The summed E-state index contributed by atoms with van der Waals surface area (Å²) in [4.78, 5) is 8.58. The van der Waals surface area contributed by atoms with Gasteiger partial charge in [0.1, 0.15) is 5.75 Å². The zero-order chi connectivity index (χ0) is 11.4. The van der Waals surface area contributed by atoms with Crippen LogP contribution in [0.25, 0.3) is 0 Å². The molecule has 0 aromatic heterocycles. The summed E-state index contributed by atoms with van der Waals surface area (Å²) in [6.07, 6.45) is 1.28. The minimum Gasteiger partial charge on any atom is -0.508 e. The maximum Gasteiger partial charge on any atom is 0.204 e. The van der Waals surface area contributed by atoms with E-state index in [1.807, 2.05) is 26.0 Å². The average molecular weight is 197 g/mol. The number of hydrogen-bond acceptors (Lipinski definition) is 2. The van der Waals surface area contributed by atoms with Crippen molar-refractivity contribution in [2.45, 2.75) is 27.2 Å². The zero-order valence-electron chi connectivity index (χ0n) is 9.03. The molecule has 0 radical (unpaired) electrons. The molecule has 1 aromatic carbocycles. The largest absolute Gasteiger partial charge is 0.508 e. The highest BCUT2D eigenvalue weighted by Crippen LogP contribution is 2.09. The highest BCUT2D eigenvalue weighted by Gasteiger charge is 1.86. The van der Waals surface area contributed by atoms with Gasteiger partial charge in [-0.25, -0.2) is 0 Å². The standard InChI is InChI=1S/C8H10O.C2H6.CH3NO/c1-2-7-3-5-8(9)6-4-7;1-2;2-1-3/h3-6,9H,2H2,1H3;1-2H3;1H,(H2,2,3). The Labute approximate surface area is 85.6 Å². The van der Waals surface area contributed by atoms with Crippen LogP contribution in [0.15, 0.2) is 24.3 Å². The molecule has 0 spiro atoms. The van der Waals surface area contributed by atoms with Crippen LogP contribution < -0.4 is 5.73 Å². The second-order valence-corrected chi connectivity index (χ2v) is 2.16. The van der Waals surface area contributed by atoms with E-state index in [9.17, 15) is 0 Å². The lowest BCUT2D eigenvalue weighted by Gasteiger charge is -1.93. The van der Waals surface area contributed by atoms with E-state index in [1.54, 1.807) is 12.1 Å². The summed E-state index contributed by atoms with van der Waals surface area (Å²) in [5.74, 6) is 0.340. The van der Waals surface area contributed by atoms with Gasteiger partial charge in [0.15, 0.2) is 0 Å². The molecule has 3 nitrogen and oxygen atoms in total. The molecule has 80 valence electrons. The van der Waals surface area contributed by atoms with E-state index in [1.165, 1.54) is 5.56 Å². The number of aryl methyl sites for hydroxylation is 1. The van der Waals surface area contributed by atoms with Crippen molar-refractivity contribution in [1.82, 2.24) is 0 Å². The fourth-order valence-electron chi connectivity index (χ4n) is 0.732. The van der Waals surface area contributed by atoms with Gasteiger partial charge in [0.05, 0.1) is 0 Å². The van der Waals surface area contributed by atoms with Crippen LogP contribution in [-0.2, 0) is 11.2 Å². The third kappa shape index (κ3) is 8.59. The number of carbonyl (C=O) groups excluding carboxylic acids is 1. The number of benzene rings is 1. The van der Waals surface area contributed by atoms with Gasteiger partial charge in [-0.05, 0) is 24.1 Å². The summed E-state index contributed by atoms with van der Waals surface area (Å²) < 4.78 is 0. The quantitative estimate of drug-likeness (QED) is 0.677. The summed E-state index contributed by atoms with van der Waals surface area (Å²) in [6.45, 7) is 6.09. The van der Waals surface area contributed by atoms with E-state index in [2.05, 4.69) is 12.7 Å². The van der Waals surface area contributed by atoms with Crippen molar-refractivity contribution in [3.05, 3.63) is 29.8 Å². The van der Waals surface area contributed by atoms with Gasteiger partial charge >= 0.3 is 0 Å². The molecule has 14 heavy (non-hydrogen) atoms. The molecular formula is C11H19NO2. The Hall–Kier alpha value is -1.51. The third-order valence-corrected chi connectivity index (χ3v) is 1.34. The number of nitrogens with two attached hydrogens (primary N) is 1. The van der Waals surface area contributed by atoms with Crippen molar-refractivity contribution in [2.75, 3.05) is 0 Å². The predicted molar refractivity (Wildman–Crippen MR) is 59.1 cm³/mol. The topological polar surface area (TPSA) is 63.3 Å². The Bertz CT molecular complexity index is 219. The molecule has 0 aliphatic heterocycles. The monoisotopic (exact) mass is 197 g/mol. The number of rotatable bonds is 1. The van der Waals surface area contributed by atoms with E-state index in [4.69, 9.17) is 9.90 Å². The molecule has 1 amide bonds. The predicted octanol–water partition coefficient (Wildman–Crippen LogP) is 2.08. The van der Waals surface area contributed by atoms with Gasteiger partial charge in [-0.1, -0.05) is 32.9 Å². The van der Waals surface area contributed by atoms with E-state index < -0.39 is 0 Å². The Morgan fingerprint density at radius 3 is 1.93 bits per heavy atom. The fourth-order valence-corrected chi connectivity index (χ4v) is 0.732. The summed E-state index contributed by atoms with van der Waals surface area (Å²) in [5, 5.41) is 8.85. The van der Waals surface area contributed by atoms with Gasteiger partial charge in [0.25, 0.3) is 0 Å². The number of aromatic hydroxyl groups is 1. The van der Waals surface area contributed by atoms with Crippen molar-refractivity contribution in [3.8, 4) is 5.75 Å². The first-order chi connectivity index (χ1) is 6.74. The molecular weight excluding hydrogens is 178 g/mol. The first kappa shape index (κ1) is 15.0. The number of amides is 1. The molecule has 0 unspecified atom stereocenters. The highest BCUT2D eigenvalue weighted by atomic mass is 16.3. The number of hydrogen-bond donors (Lipinski definition) is 2. The van der Waals surface area contributed by atoms with E-state index >= 15 is 0 Å². The molecule has 0 aliphatic carbocycles. The SMILES string of the molecule is CC.CCc1ccc(O)cc1.NC=O. The molecule has 0 saturated carbocycles. The molecule has 0 atom stereocenters. The van der Waals surface area contributed by atoms with Crippen molar-refractivity contribution >= 4 is 6.41 Å². The highest BCUT2D eigenvalue weighted by molar-refractivity contribution is 5.42. The van der Waals surface area contributed by atoms with E-state index in [0.717, 1.165) is 6.42 Å². The Morgan fingerprint density at radius 1 is 1.29 bits per heavy atom. The van der Waals surface area contributed by atoms with Crippen molar-refractivity contribution in [1.29, 1.82) is 0 Å². The van der Waals surface area contributed by atoms with Crippen LogP contribution in [0.3, 0.4) is 0 Å². The second kappa shape index (κ2) is 11.5. The van der Waals surface area contributed by atoms with Crippen LogP contribution in [0.4, 0.5) is 0 Å². The van der Waals surface area contributed by atoms with E-state index in [-0.39, 0.29) is 6.41 Å². The van der Waals surface area contributed by atoms with Gasteiger partial charge in [-0.3, -0.25) is 4.79 Å². The van der Waals surface area contributed by atoms with Crippen LogP contribution in [0.2, 0.25) is 0 Å². The first-order valence-electron chi connectivity index (χ1n) is 4.67. The average Bonchev–Trinajstić information content (AvgIpc) is 2.23. The minimum atomic E-state index is 0.250. The third-order valence-electron chi connectivity index (χ3n) is 1.34. The molecule has 3 N–H and O–H groups in total. The van der Waals surface area contributed by atoms with Crippen LogP contribution >= 0.6 is 0 Å². The molecule has 0 fully saturated rings. The maximum atomic E-state index is 8.85. The van der Waals surface area contributed by atoms with Crippen LogP contribution in [-0.4, -0.2) is 11.5 Å². The van der Waals surface area contributed by atoms with Crippen molar-refractivity contribution in [2.24, 2.45) is 5.73 Å². The van der Waals surface area contributed by atoms with Crippen LogP contribution in [0, 0.1) is 0 Å². The Kier molecular flexibility index (Phi) is 12.3. The van der Waals surface area contributed by atoms with Gasteiger partial charge in [0, 0.05) is 0 Å². The first-order valence-corrected chi connectivity index (χ1v) is 4.67. The summed E-state index contributed by atoms with van der Waals surface area (Å²) in [7, 11) is 0. The second-order valence-electron chi connectivity index (χ2n) is 2.16. The summed E-state index contributed by atoms with van der Waals surface area (Å²) in [6, 6.07) is 7.27. The van der Waals surface area contributed by atoms with Gasteiger partial charge < -0.3 is 10.8 Å². The lowest BCUT2D eigenvalue weighted by molar-refractivity contribution is -0.106. The molecule has 0 heterocycles. The maximum absolute atomic E-state index is 8.85. The van der Waals surface area contributed by atoms with Gasteiger partial charge in [0.2, 0.25) is 6.41 Å². The lowest BCUT2D eigenvalue weighted by atomic mass is 10.2. The summed E-state index contributed by atoms with van der Waals surface area (Å²) >= 11 is 0. The molecule has 0 saturated heterocycles. The van der Waals surface area contributed by atoms with E-state index in [0.29, 0.717) is 5.75 Å². The van der Waals surface area contributed by atoms with Crippen molar-refractivity contribution in [3.63, 3.8) is 0 Å². The molecule has 1 aromatic rings. The lowest BCUT2D eigenvalue weighted by Crippen LogP contribution is -1.82. The molecule has 3 heteroatoms. The zero-order valence-corrected chi connectivity index (χ0v) is 9.03. The van der Waals surface area contributed by atoms with Gasteiger partial charge in [-0.15, -0.1) is 0 Å². The number of phenols is 1. The smallest absolute Gasteiger partial charge is 0.204 e. The van der Waals surface area contributed by atoms with Crippen LogP contribution in [0.5, 0.6) is 5.75 Å². The van der Waals surface area contributed by atoms with Gasteiger partial charge in [-0.2, -0.15) is 0 Å². The summed E-state index contributed by atoms with van der Waals surface area (Å²) in [5.41, 5.74) is 5.42. The number of carbonyl (C=O) groups is 1.